The van der Waals surface area contributed by atoms with Gasteiger partial charge in [0.05, 0.1) is 11.7 Å². The summed E-state index contributed by atoms with van der Waals surface area (Å²) in [6.07, 6.45) is 6.62. The van der Waals surface area contributed by atoms with E-state index in [9.17, 15) is 4.79 Å². The van der Waals surface area contributed by atoms with Crippen molar-refractivity contribution in [3.8, 4) is 11.3 Å². The van der Waals surface area contributed by atoms with Crippen molar-refractivity contribution in [3.63, 3.8) is 0 Å². The second-order valence-corrected chi connectivity index (χ2v) is 6.96. The molecular weight excluding hydrogens is 308 g/mol. The summed E-state index contributed by atoms with van der Waals surface area (Å²) in [5.41, 5.74) is 7.74. The van der Waals surface area contributed by atoms with E-state index in [0.717, 1.165) is 35.5 Å². The fourth-order valence-electron chi connectivity index (χ4n) is 3.19. The van der Waals surface area contributed by atoms with E-state index in [2.05, 4.69) is 15.3 Å². The summed E-state index contributed by atoms with van der Waals surface area (Å²) >= 11 is 1.57. The molecule has 0 radical (unpaired) electrons. The molecule has 0 aliphatic heterocycles. The summed E-state index contributed by atoms with van der Waals surface area (Å²) in [7, 11) is 0. The van der Waals surface area contributed by atoms with E-state index >= 15 is 0 Å². The van der Waals surface area contributed by atoms with Crippen LogP contribution in [0.5, 0.6) is 0 Å². The number of pyridine rings is 1. The number of nitrogens with two attached hydrogens (primary N) is 1. The SMILES string of the molecule is CC(NC(=O)[C@@H]1CCC[C@@H]1CN)c1nc(-c2ccncc2)cs1. The Kier molecular flexibility index (Phi) is 5.03. The Morgan fingerprint density at radius 1 is 1.43 bits per heavy atom. The Hall–Kier alpha value is -1.79. The average Bonchev–Trinajstić information content (AvgIpc) is 3.24. The molecule has 122 valence electrons. The maximum absolute atomic E-state index is 12.5. The van der Waals surface area contributed by atoms with Crippen molar-refractivity contribution in [1.82, 2.24) is 15.3 Å². The molecule has 0 aromatic carbocycles. The molecular formula is C17H22N4OS. The topological polar surface area (TPSA) is 80.9 Å². The molecule has 2 aromatic heterocycles. The minimum absolute atomic E-state index is 0.0575. The van der Waals surface area contributed by atoms with Gasteiger partial charge in [0.1, 0.15) is 5.01 Å². The van der Waals surface area contributed by atoms with Crippen molar-refractivity contribution in [2.24, 2.45) is 17.6 Å². The van der Waals surface area contributed by atoms with Gasteiger partial charge in [-0.25, -0.2) is 4.98 Å². The number of carbonyl (C=O) groups is 1. The lowest BCUT2D eigenvalue weighted by atomic mass is 9.95. The van der Waals surface area contributed by atoms with E-state index in [1.54, 1.807) is 23.7 Å². The van der Waals surface area contributed by atoms with Crippen LogP contribution in [0.3, 0.4) is 0 Å². The van der Waals surface area contributed by atoms with Crippen LogP contribution in [0.1, 0.15) is 37.2 Å². The van der Waals surface area contributed by atoms with Crippen molar-refractivity contribution in [3.05, 3.63) is 34.9 Å². The van der Waals surface area contributed by atoms with Gasteiger partial charge in [0.25, 0.3) is 0 Å². The van der Waals surface area contributed by atoms with Crippen LogP contribution in [0.4, 0.5) is 0 Å². The number of amides is 1. The van der Waals surface area contributed by atoms with Crippen molar-refractivity contribution in [1.29, 1.82) is 0 Å². The number of nitrogens with zero attached hydrogens (tertiary/aromatic N) is 2. The van der Waals surface area contributed by atoms with Gasteiger partial charge in [0.15, 0.2) is 0 Å². The van der Waals surface area contributed by atoms with Crippen LogP contribution >= 0.6 is 11.3 Å². The number of hydrogen-bond acceptors (Lipinski definition) is 5. The molecule has 5 nitrogen and oxygen atoms in total. The standard InChI is InChI=1S/C17H22N4OS/c1-11(20-16(22)14-4-2-3-13(14)9-18)17-21-15(10-23-17)12-5-7-19-8-6-12/h5-8,10-11,13-14H,2-4,9,18H2,1H3,(H,20,22)/t11?,13-,14-/m1/s1. The monoisotopic (exact) mass is 330 g/mol. The minimum Gasteiger partial charge on any atom is -0.347 e. The predicted molar refractivity (Wildman–Crippen MR) is 91.8 cm³/mol. The van der Waals surface area contributed by atoms with Crippen LogP contribution < -0.4 is 11.1 Å². The molecule has 3 rings (SSSR count). The highest BCUT2D eigenvalue weighted by atomic mass is 32.1. The van der Waals surface area contributed by atoms with Gasteiger partial charge in [-0.05, 0) is 44.4 Å². The van der Waals surface area contributed by atoms with Gasteiger partial charge in [-0.2, -0.15) is 0 Å². The molecule has 6 heteroatoms. The minimum atomic E-state index is -0.0814. The first kappa shape index (κ1) is 16.1. The summed E-state index contributed by atoms with van der Waals surface area (Å²) in [4.78, 5) is 21.1. The maximum Gasteiger partial charge on any atom is 0.223 e. The second kappa shape index (κ2) is 7.19. The van der Waals surface area contributed by atoms with Crippen LogP contribution in [0.25, 0.3) is 11.3 Å². The third kappa shape index (κ3) is 3.59. The first-order valence-corrected chi connectivity index (χ1v) is 8.93. The van der Waals surface area contributed by atoms with Gasteiger partial charge in [0, 0.05) is 29.3 Å². The van der Waals surface area contributed by atoms with Gasteiger partial charge >= 0.3 is 0 Å². The zero-order chi connectivity index (χ0) is 16.2. The molecule has 2 aromatic rings. The Labute approximate surface area is 140 Å². The summed E-state index contributed by atoms with van der Waals surface area (Å²) in [6, 6.07) is 3.79. The predicted octanol–water partition coefficient (Wildman–Crippen LogP) is 2.76. The lowest BCUT2D eigenvalue weighted by Crippen LogP contribution is -2.36. The van der Waals surface area contributed by atoms with E-state index in [0.29, 0.717) is 12.5 Å². The smallest absolute Gasteiger partial charge is 0.223 e. The highest BCUT2D eigenvalue weighted by Gasteiger charge is 2.32. The van der Waals surface area contributed by atoms with Gasteiger partial charge in [-0.3, -0.25) is 9.78 Å². The zero-order valence-electron chi connectivity index (χ0n) is 13.2. The van der Waals surface area contributed by atoms with Crippen molar-refractivity contribution < 1.29 is 4.79 Å². The number of thiazole rings is 1. The molecule has 3 N–H and O–H groups in total. The molecule has 23 heavy (non-hydrogen) atoms. The molecule has 1 fully saturated rings. The van der Waals surface area contributed by atoms with E-state index in [-0.39, 0.29) is 17.9 Å². The Balaban J connectivity index is 1.66. The van der Waals surface area contributed by atoms with E-state index in [4.69, 9.17) is 5.73 Å². The molecule has 0 bridgehead atoms. The number of nitrogens with one attached hydrogen (secondary N) is 1. The largest absolute Gasteiger partial charge is 0.347 e. The lowest BCUT2D eigenvalue weighted by Gasteiger charge is -2.19. The number of aromatic nitrogens is 2. The number of hydrogen-bond donors (Lipinski definition) is 2. The molecule has 0 spiro atoms. The Morgan fingerprint density at radius 3 is 2.96 bits per heavy atom. The molecule has 1 unspecified atom stereocenters. The van der Waals surface area contributed by atoms with Crippen LogP contribution in [0, 0.1) is 11.8 Å². The molecule has 1 aliphatic carbocycles. The van der Waals surface area contributed by atoms with Crippen LogP contribution in [0.2, 0.25) is 0 Å². The summed E-state index contributed by atoms with van der Waals surface area (Å²) in [5.74, 6) is 0.499. The molecule has 3 atom stereocenters. The third-order valence-electron chi connectivity index (χ3n) is 4.53. The second-order valence-electron chi connectivity index (χ2n) is 6.07. The van der Waals surface area contributed by atoms with Crippen LogP contribution in [-0.4, -0.2) is 22.4 Å². The van der Waals surface area contributed by atoms with Gasteiger partial charge < -0.3 is 11.1 Å². The Bertz CT molecular complexity index is 658. The first-order valence-electron chi connectivity index (χ1n) is 8.05. The van der Waals surface area contributed by atoms with Crippen molar-refractivity contribution in [2.75, 3.05) is 6.54 Å². The van der Waals surface area contributed by atoms with Crippen LogP contribution in [0.15, 0.2) is 29.9 Å². The molecule has 1 saturated carbocycles. The zero-order valence-corrected chi connectivity index (χ0v) is 14.1. The van der Waals surface area contributed by atoms with Crippen molar-refractivity contribution in [2.45, 2.75) is 32.2 Å². The van der Waals surface area contributed by atoms with Gasteiger partial charge in [0.2, 0.25) is 5.91 Å². The quantitative estimate of drug-likeness (QED) is 0.883. The molecule has 1 amide bonds. The normalized spacial score (nSPS) is 22.0. The first-order chi connectivity index (χ1) is 11.2. The highest BCUT2D eigenvalue weighted by molar-refractivity contribution is 7.10. The third-order valence-corrected chi connectivity index (χ3v) is 5.55. The van der Waals surface area contributed by atoms with E-state index in [1.807, 2.05) is 24.4 Å². The Morgan fingerprint density at radius 2 is 2.22 bits per heavy atom. The fourth-order valence-corrected chi connectivity index (χ4v) is 4.02. The number of carbonyl (C=O) groups excluding carboxylic acids is 1. The van der Waals surface area contributed by atoms with Gasteiger partial charge in [-0.15, -0.1) is 11.3 Å². The van der Waals surface area contributed by atoms with Crippen LogP contribution in [-0.2, 0) is 4.79 Å². The van der Waals surface area contributed by atoms with E-state index in [1.165, 1.54) is 0 Å². The lowest BCUT2D eigenvalue weighted by molar-refractivity contribution is -0.126. The van der Waals surface area contributed by atoms with Crippen molar-refractivity contribution >= 4 is 17.2 Å². The molecule has 2 heterocycles. The molecule has 0 saturated heterocycles. The summed E-state index contributed by atoms with van der Waals surface area (Å²) < 4.78 is 0. The molecule has 1 aliphatic rings. The fraction of sp³-hybridized carbons (Fsp3) is 0.471. The summed E-state index contributed by atoms with van der Waals surface area (Å²) in [6.45, 7) is 2.58. The van der Waals surface area contributed by atoms with Gasteiger partial charge in [-0.1, -0.05) is 6.42 Å². The van der Waals surface area contributed by atoms with E-state index < -0.39 is 0 Å². The highest BCUT2D eigenvalue weighted by Crippen LogP contribution is 2.32. The average molecular weight is 330 g/mol. The summed E-state index contributed by atoms with van der Waals surface area (Å²) in [5, 5.41) is 6.05. The maximum atomic E-state index is 12.5. The number of rotatable bonds is 5.